The molecule has 0 heterocycles. The van der Waals surface area contributed by atoms with E-state index < -0.39 is 0 Å². The Morgan fingerprint density at radius 1 is 1.17 bits per heavy atom. The van der Waals surface area contributed by atoms with Crippen LogP contribution >= 0.6 is 0 Å². The molecule has 0 amide bonds. The number of aromatic hydroxyl groups is 1. The minimum absolute atomic E-state index is 0.409. The van der Waals surface area contributed by atoms with Gasteiger partial charge in [-0.1, -0.05) is 24.6 Å². The van der Waals surface area contributed by atoms with Crippen molar-refractivity contribution in [2.45, 2.75) is 26.8 Å². The lowest BCUT2D eigenvalue weighted by molar-refractivity contribution is 0.256. The first-order valence-corrected chi connectivity index (χ1v) is 6.68. The molecular formula is C15H26N2O. The van der Waals surface area contributed by atoms with Crippen molar-refractivity contribution in [1.82, 2.24) is 9.80 Å². The predicted molar refractivity (Wildman–Crippen MR) is 77.0 cm³/mol. The van der Waals surface area contributed by atoms with Crippen LogP contribution in [0.2, 0.25) is 0 Å². The van der Waals surface area contributed by atoms with E-state index in [9.17, 15) is 5.11 Å². The maximum absolute atomic E-state index is 9.86. The summed E-state index contributed by atoms with van der Waals surface area (Å²) < 4.78 is 0. The molecule has 1 N–H and O–H groups in total. The lowest BCUT2D eigenvalue weighted by Gasteiger charge is -2.22. The van der Waals surface area contributed by atoms with Crippen molar-refractivity contribution >= 4 is 0 Å². The third-order valence-corrected chi connectivity index (χ3v) is 3.16. The van der Waals surface area contributed by atoms with Crippen LogP contribution in [0.15, 0.2) is 18.2 Å². The number of aryl methyl sites for hydroxylation is 1. The van der Waals surface area contributed by atoms with E-state index in [-0.39, 0.29) is 0 Å². The smallest absolute Gasteiger partial charge is 0.120 e. The maximum atomic E-state index is 9.86. The molecule has 3 heteroatoms. The minimum Gasteiger partial charge on any atom is -0.508 e. The van der Waals surface area contributed by atoms with Crippen LogP contribution in [0.3, 0.4) is 0 Å². The maximum Gasteiger partial charge on any atom is 0.120 e. The zero-order valence-electron chi connectivity index (χ0n) is 12.1. The largest absolute Gasteiger partial charge is 0.508 e. The summed E-state index contributed by atoms with van der Waals surface area (Å²) in [5, 5.41) is 9.86. The molecule has 0 bridgehead atoms. The number of phenolic OH excluding ortho intramolecular Hbond substituents is 1. The van der Waals surface area contributed by atoms with Crippen LogP contribution in [0.25, 0.3) is 0 Å². The Hall–Kier alpha value is -1.06. The number of hydrogen-bond donors (Lipinski definition) is 1. The topological polar surface area (TPSA) is 26.7 Å². The van der Waals surface area contributed by atoms with Crippen LogP contribution in [0.1, 0.15) is 24.5 Å². The second-order valence-electron chi connectivity index (χ2n) is 5.16. The molecular weight excluding hydrogens is 224 g/mol. The molecule has 0 unspecified atom stereocenters. The van der Waals surface area contributed by atoms with Gasteiger partial charge in [0.05, 0.1) is 0 Å². The lowest BCUT2D eigenvalue weighted by atomic mass is 10.1. The quantitative estimate of drug-likeness (QED) is 0.805. The molecule has 0 atom stereocenters. The fourth-order valence-electron chi connectivity index (χ4n) is 2.04. The average molecular weight is 250 g/mol. The van der Waals surface area contributed by atoms with Crippen LogP contribution in [-0.4, -0.2) is 48.6 Å². The van der Waals surface area contributed by atoms with Crippen LogP contribution < -0.4 is 0 Å². The van der Waals surface area contributed by atoms with Crippen molar-refractivity contribution in [3.63, 3.8) is 0 Å². The van der Waals surface area contributed by atoms with Crippen molar-refractivity contribution in [2.75, 3.05) is 33.7 Å². The molecule has 18 heavy (non-hydrogen) atoms. The number of benzene rings is 1. The van der Waals surface area contributed by atoms with Gasteiger partial charge >= 0.3 is 0 Å². The Balaban J connectivity index is 2.54. The first-order valence-electron chi connectivity index (χ1n) is 6.68. The molecule has 0 aliphatic heterocycles. The average Bonchev–Trinajstić information content (AvgIpc) is 2.32. The second kappa shape index (κ2) is 7.39. The van der Waals surface area contributed by atoms with Gasteiger partial charge in [-0.2, -0.15) is 0 Å². The summed E-state index contributed by atoms with van der Waals surface area (Å²) in [6.45, 7) is 8.25. The number of nitrogens with zero attached hydrogens (tertiary/aromatic N) is 2. The van der Waals surface area contributed by atoms with Gasteiger partial charge in [0.15, 0.2) is 0 Å². The molecule has 0 spiro atoms. The highest BCUT2D eigenvalue weighted by molar-refractivity contribution is 5.35. The SMILES string of the molecule is CCN(CCCN(C)C)Cc1cc(C)ccc1O. The monoisotopic (exact) mass is 250 g/mol. The van der Waals surface area contributed by atoms with Gasteiger partial charge in [0.1, 0.15) is 5.75 Å². The summed E-state index contributed by atoms with van der Waals surface area (Å²) in [4.78, 5) is 4.58. The highest BCUT2D eigenvalue weighted by Gasteiger charge is 2.07. The third kappa shape index (κ3) is 5.07. The third-order valence-electron chi connectivity index (χ3n) is 3.16. The molecule has 1 aromatic carbocycles. The predicted octanol–water partition coefficient (Wildman–Crippen LogP) is 2.47. The van der Waals surface area contributed by atoms with Gasteiger partial charge in [-0.25, -0.2) is 0 Å². The molecule has 0 saturated heterocycles. The Morgan fingerprint density at radius 2 is 1.89 bits per heavy atom. The molecule has 3 nitrogen and oxygen atoms in total. The Morgan fingerprint density at radius 3 is 2.50 bits per heavy atom. The Bertz CT molecular complexity index is 364. The molecule has 0 aliphatic rings. The van der Waals surface area contributed by atoms with Crippen molar-refractivity contribution in [1.29, 1.82) is 0 Å². The van der Waals surface area contributed by atoms with E-state index in [1.165, 1.54) is 5.56 Å². The summed E-state index contributed by atoms with van der Waals surface area (Å²) in [6.07, 6.45) is 1.16. The molecule has 0 radical (unpaired) electrons. The van der Waals surface area contributed by atoms with Crippen LogP contribution in [0.5, 0.6) is 5.75 Å². The number of rotatable bonds is 7. The first-order chi connectivity index (χ1) is 8.52. The minimum atomic E-state index is 0.409. The van der Waals surface area contributed by atoms with Crippen molar-refractivity contribution in [3.05, 3.63) is 29.3 Å². The Kier molecular flexibility index (Phi) is 6.16. The van der Waals surface area contributed by atoms with Crippen molar-refractivity contribution < 1.29 is 5.11 Å². The zero-order valence-corrected chi connectivity index (χ0v) is 12.1. The summed E-state index contributed by atoms with van der Waals surface area (Å²) in [5.41, 5.74) is 2.23. The van der Waals surface area contributed by atoms with E-state index in [4.69, 9.17) is 0 Å². The van der Waals surface area contributed by atoms with Gasteiger partial charge < -0.3 is 10.0 Å². The molecule has 0 aromatic heterocycles. The van der Waals surface area contributed by atoms with E-state index in [1.807, 2.05) is 6.07 Å². The fraction of sp³-hybridized carbons (Fsp3) is 0.600. The summed E-state index contributed by atoms with van der Waals surface area (Å²) in [7, 11) is 4.20. The van der Waals surface area contributed by atoms with Gasteiger partial charge in [-0.05, 0) is 53.1 Å². The standard InChI is InChI=1S/C15H26N2O/c1-5-17(10-6-9-16(3)4)12-14-11-13(2)7-8-15(14)18/h7-8,11,18H,5-6,9-10,12H2,1-4H3. The van der Waals surface area contributed by atoms with Crippen LogP contribution in [-0.2, 0) is 6.54 Å². The van der Waals surface area contributed by atoms with Gasteiger partial charge in [-0.15, -0.1) is 0 Å². The van der Waals surface area contributed by atoms with E-state index in [0.717, 1.165) is 38.2 Å². The summed E-state index contributed by atoms with van der Waals surface area (Å²) in [5.74, 6) is 0.409. The van der Waals surface area contributed by atoms with Gasteiger partial charge in [0, 0.05) is 12.1 Å². The van der Waals surface area contributed by atoms with Gasteiger partial charge in [-0.3, -0.25) is 4.90 Å². The van der Waals surface area contributed by atoms with Crippen LogP contribution in [0, 0.1) is 6.92 Å². The van der Waals surface area contributed by atoms with Crippen LogP contribution in [0.4, 0.5) is 0 Å². The molecule has 102 valence electrons. The number of hydrogen-bond acceptors (Lipinski definition) is 3. The van der Waals surface area contributed by atoms with E-state index in [2.05, 4.69) is 43.8 Å². The van der Waals surface area contributed by atoms with E-state index >= 15 is 0 Å². The van der Waals surface area contributed by atoms with Gasteiger partial charge in [0.25, 0.3) is 0 Å². The molecule has 0 aliphatic carbocycles. The van der Waals surface area contributed by atoms with E-state index in [0.29, 0.717) is 5.75 Å². The highest BCUT2D eigenvalue weighted by atomic mass is 16.3. The Labute approximate surface area is 111 Å². The summed E-state index contributed by atoms with van der Waals surface area (Å²) in [6, 6.07) is 5.81. The second-order valence-corrected chi connectivity index (χ2v) is 5.16. The molecule has 1 aromatic rings. The van der Waals surface area contributed by atoms with Crippen molar-refractivity contribution in [2.24, 2.45) is 0 Å². The van der Waals surface area contributed by atoms with E-state index in [1.54, 1.807) is 6.07 Å². The fourth-order valence-corrected chi connectivity index (χ4v) is 2.04. The normalized spacial score (nSPS) is 11.4. The molecule has 0 fully saturated rings. The molecule has 1 rings (SSSR count). The van der Waals surface area contributed by atoms with Crippen molar-refractivity contribution in [3.8, 4) is 5.75 Å². The molecule has 0 saturated carbocycles. The number of phenols is 1. The first kappa shape index (κ1) is 15.0. The van der Waals surface area contributed by atoms with Gasteiger partial charge in [0.2, 0.25) is 0 Å². The zero-order chi connectivity index (χ0) is 13.5. The summed E-state index contributed by atoms with van der Waals surface area (Å²) >= 11 is 0. The lowest BCUT2D eigenvalue weighted by Crippen LogP contribution is -2.27. The highest BCUT2D eigenvalue weighted by Crippen LogP contribution is 2.20.